The van der Waals surface area contributed by atoms with Gasteiger partial charge in [-0.25, -0.2) is 13.9 Å². The van der Waals surface area contributed by atoms with E-state index in [2.05, 4.69) is 20.0 Å². The van der Waals surface area contributed by atoms with Gasteiger partial charge in [-0.3, -0.25) is 4.79 Å². The fourth-order valence-corrected chi connectivity index (χ4v) is 4.37. The summed E-state index contributed by atoms with van der Waals surface area (Å²) in [5, 5.41) is 4.49. The highest BCUT2D eigenvalue weighted by Gasteiger charge is 2.32. The molecule has 32 heavy (non-hydrogen) atoms. The lowest BCUT2D eigenvalue weighted by Crippen LogP contribution is -2.29. The van der Waals surface area contributed by atoms with Gasteiger partial charge < -0.3 is 20.3 Å². The average Bonchev–Trinajstić information content (AvgIpc) is 3.34. The number of hydrogen-bond acceptors (Lipinski definition) is 7. The summed E-state index contributed by atoms with van der Waals surface area (Å²) in [6.07, 6.45) is 6.76. The Balaban J connectivity index is 1.51. The number of halogens is 1. The minimum atomic E-state index is -0.642. The predicted molar refractivity (Wildman–Crippen MR) is 117 cm³/mol. The maximum absolute atomic E-state index is 14.8. The number of ether oxygens (including phenoxy) is 1. The molecule has 0 aliphatic carbocycles. The molecule has 9 nitrogen and oxygen atoms in total. The van der Waals surface area contributed by atoms with Crippen LogP contribution in [0.2, 0.25) is 0 Å². The Bertz CT molecular complexity index is 1230. The van der Waals surface area contributed by atoms with Gasteiger partial charge in [0.15, 0.2) is 12.1 Å². The van der Waals surface area contributed by atoms with Crippen molar-refractivity contribution in [3.05, 3.63) is 47.9 Å². The normalized spacial score (nSPS) is 19.0. The van der Waals surface area contributed by atoms with Crippen LogP contribution >= 0.6 is 0 Å². The third kappa shape index (κ3) is 3.41. The number of nitrogens with two attached hydrogens (primary N) is 1. The van der Waals surface area contributed by atoms with Crippen molar-refractivity contribution in [1.29, 1.82) is 0 Å². The maximum atomic E-state index is 14.8. The molecule has 2 aliphatic rings. The summed E-state index contributed by atoms with van der Waals surface area (Å²) in [5.41, 5.74) is 7.83. The molecule has 1 fully saturated rings. The van der Waals surface area contributed by atoms with Crippen LogP contribution in [0.3, 0.4) is 0 Å². The summed E-state index contributed by atoms with van der Waals surface area (Å²) < 4.78 is 22.0. The predicted octanol–water partition coefficient (Wildman–Crippen LogP) is 2.82. The van der Waals surface area contributed by atoms with Crippen LogP contribution in [0, 0.1) is 5.82 Å². The van der Waals surface area contributed by atoms with Gasteiger partial charge in [0, 0.05) is 18.8 Å². The van der Waals surface area contributed by atoms with E-state index in [0.29, 0.717) is 17.2 Å². The zero-order valence-corrected chi connectivity index (χ0v) is 18.0. The number of carbonyl (C=O) groups excluding carboxylic acids is 1. The van der Waals surface area contributed by atoms with Gasteiger partial charge in [-0.05, 0) is 51.3 Å². The molecule has 1 amide bonds. The van der Waals surface area contributed by atoms with Gasteiger partial charge in [-0.15, -0.1) is 5.10 Å². The zero-order valence-electron chi connectivity index (χ0n) is 18.0. The Morgan fingerprint density at radius 1 is 1.22 bits per heavy atom. The van der Waals surface area contributed by atoms with Crippen LogP contribution in [0.4, 0.5) is 15.8 Å². The highest BCUT2D eigenvalue weighted by molar-refractivity contribution is 5.92. The smallest absolute Gasteiger partial charge is 0.285 e. The van der Waals surface area contributed by atoms with E-state index in [9.17, 15) is 9.18 Å². The first-order chi connectivity index (χ1) is 15.4. The number of allylic oxidation sites excluding steroid dienone is 1. The van der Waals surface area contributed by atoms with Crippen molar-refractivity contribution < 1.29 is 13.9 Å². The molecule has 3 aromatic rings. The molecule has 2 aromatic heterocycles. The Hall–Kier alpha value is -3.69. The number of primary amides is 1. The quantitative estimate of drug-likeness (QED) is 0.670. The molecule has 1 atom stereocenters. The number of hydrogen-bond donors (Lipinski definition) is 1. The van der Waals surface area contributed by atoms with Crippen LogP contribution in [0.15, 0.2) is 42.0 Å². The lowest BCUT2D eigenvalue weighted by molar-refractivity contribution is -0.118. The van der Waals surface area contributed by atoms with Gasteiger partial charge in [0.05, 0.1) is 29.3 Å². The van der Waals surface area contributed by atoms with Gasteiger partial charge in [-0.1, -0.05) is 0 Å². The highest BCUT2D eigenvalue weighted by atomic mass is 19.1. The molecule has 1 aromatic carbocycles. The Labute approximate surface area is 184 Å². The zero-order chi connectivity index (χ0) is 22.4. The fraction of sp³-hybridized carbons (Fsp3) is 0.364. The Morgan fingerprint density at radius 2 is 2.00 bits per heavy atom. The van der Waals surface area contributed by atoms with Gasteiger partial charge in [0.25, 0.3) is 11.7 Å². The summed E-state index contributed by atoms with van der Waals surface area (Å²) in [4.78, 5) is 24.5. The number of aromatic nitrogens is 4. The molecule has 5 rings (SSSR count). The van der Waals surface area contributed by atoms with E-state index < -0.39 is 18.0 Å². The standard InChI is InChI=1S/C22H24FN7O2/c1-13-19(20(24)31)32-14(2)30(13)15-6-7-18(23)17(10-15)21-26-22-25-11-16(12-29(22)27-21)28-8-4-3-5-9-28/h6-7,10-12,14H,3-5,8-9H2,1-2H3,(H2,24,31). The van der Waals surface area contributed by atoms with E-state index in [1.54, 1.807) is 41.6 Å². The van der Waals surface area contributed by atoms with E-state index in [1.165, 1.54) is 12.5 Å². The first-order valence-corrected chi connectivity index (χ1v) is 10.7. The van der Waals surface area contributed by atoms with Crippen molar-refractivity contribution in [3.8, 4) is 11.4 Å². The van der Waals surface area contributed by atoms with Gasteiger partial charge in [-0.2, -0.15) is 4.98 Å². The van der Waals surface area contributed by atoms with Crippen molar-refractivity contribution in [3.63, 3.8) is 0 Å². The van der Waals surface area contributed by atoms with Gasteiger partial charge in [0.2, 0.25) is 5.76 Å². The summed E-state index contributed by atoms with van der Waals surface area (Å²) in [6, 6.07) is 4.61. The van der Waals surface area contributed by atoms with E-state index >= 15 is 0 Å². The van der Waals surface area contributed by atoms with E-state index in [4.69, 9.17) is 10.5 Å². The van der Waals surface area contributed by atoms with Crippen molar-refractivity contribution in [2.45, 2.75) is 39.3 Å². The molecular weight excluding hydrogens is 413 g/mol. The molecule has 0 spiro atoms. The largest absolute Gasteiger partial charge is 0.463 e. The number of nitrogens with zero attached hydrogens (tertiary/aromatic N) is 6. The maximum Gasteiger partial charge on any atom is 0.285 e. The molecule has 0 radical (unpaired) electrons. The highest BCUT2D eigenvalue weighted by Crippen LogP contribution is 2.34. The summed E-state index contributed by atoms with van der Waals surface area (Å²) >= 11 is 0. The van der Waals surface area contributed by atoms with E-state index in [-0.39, 0.29) is 17.1 Å². The van der Waals surface area contributed by atoms with Crippen LogP contribution in [-0.2, 0) is 9.53 Å². The molecule has 1 saturated heterocycles. The molecular formula is C22H24FN7O2. The number of rotatable bonds is 4. The van der Waals surface area contributed by atoms with Gasteiger partial charge in [0.1, 0.15) is 5.82 Å². The van der Waals surface area contributed by atoms with Gasteiger partial charge >= 0.3 is 0 Å². The molecule has 2 aliphatic heterocycles. The molecule has 0 bridgehead atoms. The number of piperidine rings is 1. The Kier molecular flexibility index (Phi) is 4.91. The second-order valence-electron chi connectivity index (χ2n) is 8.07. The molecule has 4 heterocycles. The third-order valence-electron chi connectivity index (χ3n) is 5.94. The first-order valence-electron chi connectivity index (χ1n) is 10.7. The molecule has 0 saturated carbocycles. The minimum Gasteiger partial charge on any atom is -0.463 e. The Morgan fingerprint density at radius 3 is 2.72 bits per heavy atom. The van der Waals surface area contributed by atoms with E-state index in [1.807, 2.05) is 6.20 Å². The second kappa shape index (κ2) is 7.77. The molecule has 1 unspecified atom stereocenters. The number of anilines is 2. The summed E-state index contributed by atoms with van der Waals surface area (Å²) in [5.74, 6) is -0.362. The van der Waals surface area contributed by atoms with Crippen LogP contribution in [0.1, 0.15) is 33.1 Å². The monoisotopic (exact) mass is 437 g/mol. The fourth-order valence-electron chi connectivity index (χ4n) is 4.37. The third-order valence-corrected chi connectivity index (χ3v) is 5.94. The van der Waals surface area contributed by atoms with Crippen molar-refractivity contribution in [2.75, 3.05) is 22.9 Å². The van der Waals surface area contributed by atoms with Crippen LogP contribution in [0.25, 0.3) is 17.2 Å². The van der Waals surface area contributed by atoms with Crippen LogP contribution < -0.4 is 15.5 Å². The average molecular weight is 437 g/mol. The topological polar surface area (TPSA) is 102 Å². The molecule has 10 heteroatoms. The number of fused-ring (bicyclic) bond motifs is 1. The van der Waals surface area contributed by atoms with Crippen LogP contribution in [0.5, 0.6) is 0 Å². The van der Waals surface area contributed by atoms with Crippen LogP contribution in [-0.4, -0.2) is 44.8 Å². The summed E-state index contributed by atoms with van der Waals surface area (Å²) in [6.45, 7) is 5.50. The summed E-state index contributed by atoms with van der Waals surface area (Å²) in [7, 11) is 0. The first kappa shape index (κ1) is 20.2. The minimum absolute atomic E-state index is 0.101. The van der Waals surface area contributed by atoms with E-state index in [0.717, 1.165) is 31.6 Å². The number of carbonyl (C=O) groups is 1. The second-order valence-corrected chi connectivity index (χ2v) is 8.07. The van der Waals surface area contributed by atoms with Crippen molar-refractivity contribution in [2.24, 2.45) is 5.73 Å². The molecule has 2 N–H and O–H groups in total. The van der Waals surface area contributed by atoms with Crippen molar-refractivity contribution in [1.82, 2.24) is 19.6 Å². The number of amides is 1. The SMILES string of the molecule is CC1=C(C(N)=O)OC(C)N1c1ccc(F)c(-c2nc3ncc(N4CCCCC4)cn3n2)c1. The number of benzene rings is 1. The molecule has 166 valence electrons. The lowest BCUT2D eigenvalue weighted by atomic mass is 10.1. The van der Waals surface area contributed by atoms with Crippen molar-refractivity contribution >= 4 is 23.1 Å². The lowest BCUT2D eigenvalue weighted by Gasteiger charge is -2.28.